The van der Waals surface area contributed by atoms with E-state index in [4.69, 9.17) is 12.2 Å². The van der Waals surface area contributed by atoms with Crippen molar-refractivity contribution in [3.63, 3.8) is 0 Å². The summed E-state index contributed by atoms with van der Waals surface area (Å²) in [6.07, 6.45) is 3.56. The Balaban J connectivity index is 1.57. The topological polar surface area (TPSA) is 27.3 Å². The van der Waals surface area contributed by atoms with Crippen molar-refractivity contribution in [2.24, 2.45) is 0 Å². The molecule has 2 N–H and O–H groups in total. The number of anilines is 1. The molecule has 0 unspecified atom stereocenters. The van der Waals surface area contributed by atoms with Gasteiger partial charge in [-0.3, -0.25) is 0 Å². The highest BCUT2D eigenvalue weighted by atomic mass is 32.1. The second-order valence-corrected chi connectivity index (χ2v) is 6.65. The number of thiocarbonyl (C=S) groups is 1. The molecule has 23 heavy (non-hydrogen) atoms. The van der Waals surface area contributed by atoms with Gasteiger partial charge >= 0.3 is 0 Å². The molecular weight excluding hydrogens is 302 g/mol. The van der Waals surface area contributed by atoms with Gasteiger partial charge in [0.15, 0.2) is 5.11 Å². The van der Waals surface area contributed by atoms with Gasteiger partial charge in [-0.15, -0.1) is 0 Å². The van der Waals surface area contributed by atoms with Gasteiger partial charge in [0.05, 0.1) is 0 Å². The van der Waals surface area contributed by atoms with Gasteiger partial charge < -0.3 is 15.5 Å². The number of fused-ring (bicyclic) bond motifs is 1. The Bertz CT molecular complexity index is 657. The molecule has 1 aliphatic rings. The quantitative estimate of drug-likeness (QED) is 0.830. The predicted molar refractivity (Wildman–Crippen MR) is 103 cm³/mol. The summed E-state index contributed by atoms with van der Waals surface area (Å²) >= 11 is 5.52. The van der Waals surface area contributed by atoms with Crippen LogP contribution in [-0.4, -0.2) is 35.7 Å². The zero-order valence-electron chi connectivity index (χ0n) is 13.7. The molecule has 0 aliphatic carbocycles. The third-order valence-corrected chi connectivity index (χ3v) is 4.72. The van der Waals surface area contributed by atoms with Gasteiger partial charge in [-0.1, -0.05) is 43.3 Å². The molecular formula is C19H25N3S. The lowest BCUT2D eigenvalue weighted by atomic mass is 10.1. The molecule has 0 spiro atoms. The molecule has 0 atom stereocenters. The van der Waals surface area contributed by atoms with Crippen LogP contribution in [0.2, 0.25) is 0 Å². The highest BCUT2D eigenvalue weighted by Crippen LogP contribution is 2.23. The molecule has 2 aromatic rings. The van der Waals surface area contributed by atoms with Gasteiger partial charge in [0, 0.05) is 30.2 Å². The number of piperidine rings is 1. The minimum absolute atomic E-state index is 0.484. The summed E-state index contributed by atoms with van der Waals surface area (Å²) in [6, 6.07) is 15.1. The maximum Gasteiger partial charge on any atom is 0.171 e. The van der Waals surface area contributed by atoms with Crippen LogP contribution in [0.4, 0.5) is 5.69 Å². The van der Waals surface area contributed by atoms with Crippen LogP contribution < -0.4 is 10.6 Å². The van der Waals surface area contributed by atoms with Crippen LogP contribution >= 0.6 is 12.2 Å². The Morgan fingerprint density at radius 2 is 1.87 bits per heavy atom. The summed E-state index contributed by atoms with van der Waals surface area (Å²) in [6.45, 7) is 5.80. The van der Waals surface area contributed by atoms with Crippen molar-refractivity contribution in [1.29, 1.82) is 0 Å². The lowest BCUT2D eigenvalue weighted by Gasteiger charge is -2.32. The monoisotopic (exact) mass is 327 g/mol. The Morgan fingerprint density at radius 1 is 1.13 bits per heavy atom. The van der Waals surface area contributed by atoms with Crippen molar-refractivity contribution >= 4 is 33.8 Å². The normalized spacial score (nSPS) is 16.4. The van der Waals surface area contributed by atoms with E-state index in [0.717, 1.165) is 23.6 Å². The molecule has 122 valence electrons. The van der Waals surface area contributed by atoms with E-state index in [1.165, 1.54) is 36.8 Å². The van der Waals surface area contributed by atoms with Crippen molar-refractivity contribution in [1.82, 2.24) is 10.2 Å². The summed E-state index contributed by atoms with van der Waals surface area (Å²) in [5.41, 5.74) is 1.07. The van der Waals surface area contributed by atoms with Crippen molar-refractivity contribution in [3.05, 3.63) is 42.5 Å². The van der Waals surface area contributed by atoms with Crippen LogP contribution in [0, 0.1) is 0 Å². The largest absolute Gasteiger partial charge is 0.360 e. The highest BCUT2D eigenvalue weighted by molar-refractivity contribution is 7.80. The van der Waals surface area contributed by atoms with E-state index in [1.807, 2.05) is 0 Å². The summed E-state index contributed by atoms with van der Waals surface area (Å²) in [5, 5.41) is 10.0. The van der Waals surface area contributed by atoms with E-state index in [1.54, 1.807) is 0 Å². The van der Waals surface area contributed by atoms with Crippen LogP contribution in [0.25, 0.3) is 10.8 Å². The fourth-order valence-electron chi connectivity index (χ4n) is 3.30. The lowest BCUT2D eigenvalue weighted by molar-refractivity contribution is 0.207. The molecule has 0 aromatic heterocycles. The highest BCUT2D eigenvalue weighted by Gasteiger charge is 2.19. The first-order valence-corrected chi connectivity index (χ1v) is 8.94. The van der Waals surface area contributed by atoms with Gasteiger partial charge in [0.1, 0.15) is 0 Å². The molecule has 2 aromatic carbocycles. The van der Waals surface area contributed by atoms with Crippen molar-refractivity contribution < 1.29 is 0 Å². The number of nitrogens with zero attached hydrogens (tertiary/aromatic N) is 1. The Labute approximate surface area is 144 Å². The average Bonchev–Trinajstić information content (AvgIpc) is 2.57. The predicted octanol–water partition coefficient (Wildman–Crippen LogP) is 4.00. The van der Waals surface area contributed by atoms with Crippen molar-refractivity contribution in [3.8, 4) is 0 Å². The fourth-order valence-corrected chi connectivity index (χ4v) is 3.57. The molecule has 0 bridgehead atoms. The summed E-state index contributed by atoms with van der Waals surface area (Å²) in [7, 11) is 0. The average molecular weight is 327 g/mol. The van der Waals surface area contributed by atoms with E-state index in [0.29, 0.717) is 6.04 Å². The maximum absolute atomic E-state index is 5.52. The summed E-state index contributed by atoms with van der Waals surface area (Å²) in [4.78, 5) is 2.54. The van der Waals surface area contributed by atoms with Gasteiger partial charge in [0.25, 0.3) is 0 Å². The molecule has 1 heterocycles. The first-order valence-electron chi connectivity index (χ1n) is 8.54. The third-order valence-electron chi connectivity index (χ3n) is 4.50. The molecule has 1 fully saturated rings. The van der Waals surface area contributed by atoms with Gasteiger partial charge in [-0.25, -0.2) is 0 Å². The molecule has 1 saturated heterocycles. The first-order chi connectivity index (χ1) is 11.3. The number of hydrogen-bond donors (Lipinski definition) is 2. The van der Waals surface area contributed by atoms with Crippen LogP contribution in [0.1, 0.15) is 26.2 Å². The first kappa shape index (κ1) is 16.2. The molecule has 0 amide bonds. The molecule has 0 radical (unpaired) electrons. The molecule has 3 rings (SSSR count). The van der Waals surface area contributed by atoms with E-state index >= 15 is 0 Å². The van der Waals surface area contributed by atoms with E-state index in [2.05, 4.69) is 64.9 Å². The third kappa shape index (κ3) is 4.21. The molecule has 4 heteroatoms. The molecule has 1 aliphatic heterocycles. The second-order valence-electron chi connectivity index (χ2n) is 6.24. The van der Waals surface area contributed by atoms with Gasteiger partial charge in [0.2, 0.25) is 0 Å². The standard InChI is InChI=1S/C19H25N3S/c1-2-12-22-13-10-16(11-14-22)20-19(23)21-18-9-5-7-15-6-3-4-8-17(15)18/h3-9,16H,2,10-14H2,1H3,(H2,20,21,23). The van der Waals surface area contributed by atoms with Crippen LogP contribution in [0.5, 0.6) is 0 Å². The number of hydrogen-bond acceptors (Lipinski definition) is 2. The summed E-state index contributed by atoms with van der Waals surface area (Å²) in [5.74, 6) is 0. The smallest absolute Gasteiger partial charge is 0.171 e. The van der Waals surface area contributed by atoms with Crippen LogP contribution in [0.3, 0.4) is 0 Å². The number of nitrogens with one attached hydrogen (secondary N) is 2. The molecule has 3 nitrogen and oxygen atoms in total. The fraction of sp³-hybridized carbons (Fsp3) is 0.421. The van der Waals surface area contributed by atoms with E-state index in [-0.39, 0.29) is 0 Å². The Morgan fingerprint density at radius 3 is 2.65 bits per heavy atom. The Kier molecular flexibility index (Phi) is 5.47. The van der Waals surface area contributed by atoms with Crippen LogP contribution in [0.15, 0.2) is 42.5 Å². The number of likely N-dealkylation sites (tertiary alicyclic amines) is 1. The SMILES string of the molecule is CCCN1CCC(NC(=S)Nc2cccc3ccccc23)CC1. The maximum atomic E-state index is 5.52. The molecule has 0 saturated carbocycles. The van der Waals surface area contributed by atoms with Gasteiger partial charge in [-0.05, 0) is 49.5 Å². The zero-order valence-corrected chi connectivity index (χ0v) is 14.5. The lowest BCUT2D eigenvalue weighted by Crippen LogP contribution is -2.46. The Hall–Kier alpha value is -1.65. The number of benzene rings is 2. The zero-order chi connectivity index (χ0) is 16.1. The van der Waals surface area contributed by atoms with E-state index < -0.39 is 0 Å². The van der Waals surface area contributed by atoms with Crippen molar-refractivity contribution in [2.45, 2.75) is 32.2 Å². The van der Waals surface area contributed by atoms with Crippen LogP contribution in [-0.2, 0) is 0 Å². The van der Waals surface area contributed by atoms with E-state index in [9.17, 15) is 0 Å². The number of rotatable bonds is 4. The minimum atomic E-state index is 0.484. The minimum Gasteiger partial charge on any atom is -0.360 e. The summed E-state index contributed by atoms with van der Waals surface area (Å²) < 4.78 is 0. The van der Waals surface area contributed by atoms with Crippen molar-refractivity contribution in [2.75, 3.05) is 25.0 Å². The second kappa shape index (κ2) is 7.75. The van der Waals surface area contributed by atoms with Gasteiger partial charge in [-0.2, -0.15) is 0 Å².